The van der Waals surface area contributed by atoms with E-state index in [1.807, 2.05) is 22.6 Å². The Balaban J connectivity index is 1.61. The van der Waals surface area contributed by atoms with Gasteiger partial charge in [-0.25, -0.2) is 18.2 Å². The van der Waals surface area contributed by atoms with Crippen molar-refractivity contribution in [1.29, 1.82) is 0 Å². The molecule has 2 heterocycles. The van der Waals surface area contributed by atoms with Gasteiger partial charge < -0.3 is 20.1 Å². The van der Waals surface area contributed by atoms with Crippen LogP contribution in [-0.2, 0) is 12.6 Å². The molecular weight excluding hydrogens is 512 g/mol. The Hall–Kier alpha value is -2.15. The van der Waals surface area contributed by atoms with Crippen molar-refractivity contribution >= 4 is 34.0 Å². The average Bonchev–Trinajstić information content (AvgIpc) is 3.11. The maximum Gasteiger partial charge on any atom is 0.182 e. The molecule has 2 aromatic carbocycles. The van der Waals surface area contributed by atoms with Gasteiger partial charge in [-0.15, -0.1) is 0 Å². The molecule has 0 bridgehead atoms. The Labute approximate surface area is 184 Å². The zero-order valence-corrected chi connectivity index (χ0v) is 17.9. The predicted molar refractivity (Wildman–Crippen MR) is 112 cm³/mol. The number of aliphatic hydroxyl groups is 2. The summed E-state index contributed by atoms with van der Waals surface area (Å²) >= 11 is 1.93. The molecule has 0 spiro atoms. The number of anilines is 2. The lowest BCUT2D eigenvalue weighted by Crippen LogP contribution is -2.61. The summed E-state index contributed by atoms with van der Waals surface area (Å²) in [7, 11) is 1.74. The molecule has 10 heteroatoms. The van der Waals surface area contributed by atoms with Gasteiger partial charge in [0.2, 0.25) is 0 Å². The predicted octanol–water partition coefficient (Wildman–Crippen LogP) is 3.38. The van der Waals surface area contributed by atoms with E-state index in [9.17, 15) is 23.4 Å². The number of imidazole rings is 1. The second kappa shape index (κ2) is 7.84. The van der Waals surface area contributed by atoms with Gasteiger partial charge in [0.25, 0.3) is 0 Å². The fraction of sp³-hybridized carbons (Fsp3) is 0.250. The highest BCUT2D eigenvalue weighted by atomic mass is 127. The number of halogens is 4. The highest BCUT2D eigenvalue weighted by molar-refractivity contribution is 14.1. The van der Waals surface area contributed by atoms with Crippen LogP contribution in [0.5, 0.6) is 0 Å². The maximum atomic E-state index is 14.6. The van der Waals surface area contributed by atoms with Gasteiger partial charge in [0.15, 0.2) is 11.6 Å². The minimum Gasteiger partial charge on any atom is -0.379 e. The second-order valence-corrected chi connectivity index (χ2v) is 8.49. The maximum absolute atomic E-state index is 14.6. The van der Waals surface area contributed by atoms with E-state index in [4.69, 9.17) is 0 Å². The van der Waals surface area contributed by atoms with Crippen molar-refractivity contribution in [3.8, 4) is 0 Å². The van der Waals surface area contributed by atoms with Crippen LogP contribution in [0, 0.1) is 21.0 Å². The van der Waals surface area contributed by atoms with Gasteiger partial charge in [-0.1, -0.05) is 0 Å². The number of benzene rings is 2. The van der Waals surface area contributed by atoms with E-state index in [0.29, 0.717) is 9.39 Å². The number of hydrogen-bond acceptors (Lipinski definition) is 5. The van der Waals surface area contributed by atoms with Crippen molar-refractivity contribution in [1.82, 2.24) is 14.5 Å². The standard InChI is InChI=1S/C20H18F3IN4O2/c1-27-7-6-25-19(27)20(30)9-28(10-20)18(29)12-3-4-13(21)16(23)17(12)26-15-5-2-11(24)8-14(15)22/h2-8,18,26,29-30H,9-10H2,1H3. The summed E-state index contributed by atoms with van der Waals surface area (Å²) in [6, 6.07) is 6.39. The van der Waals surface area contributed by atoms with Crippen LogP contribution in [0.2, 0.25) is 0 Å². The SMILES string of the molecule is Cn1ccnc1C1(O)CN(C(O)c2ccc(F)c(F)c2Nc2ccc(I)cc2F)C1. The van der Waals surface area contributed by atoms with Crippen LogP contribution >= 0.6 is 22.6 Å². The van der Waals surface area contributed by atoms with Gasteiger partial charge in [-0.2, -0.15) is 0 Å². The molecular formula is C20H18F3IN4O2. The van der Waals surface area contributed by atoms with Gasteiger partial charge in [0.1, 0.15) is 23.5 Å². The van der Waals surface area contributed by atoms with Crippen LogP contribution in [0.25, 0.3) is 0 Å². The molecule has 3 N–H and O–H groups in total. The lowest BCUT2D eigenvalue weighted by Gasteiger charge is -2.48. The molecule has 1 saturated heterocycles. The molecule has 3 aromatic rings. The summed E-state index contributed by atoms with van der Waals surface area (Å²) in [6.45, 7) is 0.0741. The van der Waals surface area contributed by atoms with E-state index in [1.165, 1.54) is 23.1 Å². The molecule has 4 rings (SSSR count). The van der Waals surface area contributed by atoms with Crippen LogP contribution in [0.1, 0.15) is 17.6 Å². The molecule has 1 unspecified atom stereocenters. The molecule has 1 aliphatic heterocycles. The van der Waals surface area contributed by atoms with Crippen molar-refractivity contribution in [2.75, 3.05) is 18.4 Å². The summed E-state index contributed by atoms with van der Waals surface area (Å²) in [6.07, 6.45) is 1.90. The summed E-state index contributed by atoms with van der Waals surface area (Å²) < 4.78 is 45.0. The Morgan fingerprint density at radius 3 is 2.53 bits per heavy atom. The highest BCUT2D eigenvalue weighted by Crippen LogP contribution is 2.39. The van der Waals surface area contributed by atoms with E-state index < -0.39 is 29.3 Å². The first-order chi connectivity index (χ1) is 14.2. The van der Waals surface area contributed by atoms with Crippen molar-refractivity contribution in [3.05, 3.63) is 75.1 Å². The van der Waals surface area contributed by atoms with Crippen LogP contribution in [-0.4, -0.2) is 37.8 Å². The Kier molecular flexibility index (Phi) is 5.51. The fourth-order valence-corrected chi connectivity index (χ4v) is 4.04. The van der Waals surface area contributed by atoms with Gasteiger partial charge in [-0.05, 0) is 52.9 Å². The van der Waals surface area contributed by atoms with E-state index in [1.54, 1.807) is 30.1 Å². The van der Waals surface area contributed by atoms with Crippen LogP contribution in [0.3, 0.4) is 0 Å². The molecule has 0 radical (unpaired) electrons. The Bertz CT molecular complexity index is 1100. The minimum absolute atomic E-state index is 0.0220. The first-order valence-electron chi connectivity index (χ1n) is 9.02. The highest BCUT2D eigenvalue weighted by Gasteiger charge is 2.48. The number of nitrogens with zero attached hydrogens (tertiary/aromatic N) is 3. The largest absolute Gasteiger partial charge is 0.379 e. The van der Waals surface area contributed by atoms with Crippen molar-refractivity contribution in [2.45, 2.75) is 11.8 Å². The molecule has 1 aliphatic rings. The Morgan fingerprint density at radius 2 is 1.90 bits per heavy atom. The topological polar surface area (TPSA) is 73.5 Å². The zero-order valence-electron chi connectivity index (χ0n) is 15.8. The summed E-state index contributed by atoms with van der Waals surface area (Å²) in [5.74, 6) is -2.56. The fourth-order valence-electron chi connectivity index (χ4n) is 3.58. The molecule has 0 amide bonds. The molecule has 30 heavy (non-hydrogen) atoms. The molecule has 158 valence electrons. The molecule has 6 nitrogen and oxygen atoms in total. The van der Waals surface area contributed by atoms with Gasteiger partial charge in [0.05, 0.1) is 11.4 Å². The third-order valence-electron chi connectivity index (χ3n) is 5.11. The van der Waals surface area contributed by atoms with Crippen LogP contribution in [0.15, 0.2) is 42.7 Å². The van der Waals surface area contributed by atoms with Crippen LogP contribution < -0.4 is 5.32 Å². The lowest BCUT2D eigenvalue weighted by atomic mass is 9.91. The molecule has 1 atom stereocenters. The third kappa shape index (κ3) is 3.68. The summed E-state index contributed by atoms with van der Waals surface area (Å²) in [5, 5.41) is 24.1. The monoisotopic (exact) mass is 530 g/mol. The first-order valence-corrected chi connectivity index (χ1v) is 10.1. The molecule has 1 fully saturated rings. The summed E-state index contributed by atoms with van der Waals surface area (Å²) in [4.78, 5) is 5.62. The minimum atomic E-state index is -1.35. The lowest BCUT2D eigenvalue weighted by molar-refractivity contribution is -0.172. The smallest absolute Gasteiger partial charge is 0.182 e. The van der Waals surface area contributed by atoms with Gasteiger partial charge >= 0.3 is 0 Å². The van der Waals surface area contributed by atoms with Crippen molar-refractivity contribution in [2.24, 2.45) is 7.05 Å². The first kappa shape index (κ1) is 21.1. The molecule has 1 aromatic heterocycles. The third-order valence-corrected chi connectivity index (χ3v) is 5.78. The number of likely N-dealkylation sites (tertiary alicyclic amines) is 1. The second-order valence-electron chi connectivity index (χ2n) is 7.25. The quantitative estimate of drug-likeness (QED) is 0.442. The number of nitrogens with one attached hydrogen (secondary N) is 1. The summed E-state index contributed by atoms with van der Waals surface area (Å²) in [5.41, 5.74) is -1.67. The number of aliphatic hydroxyl groups excluding tert-OH is 1. The zero-order chi connectivity index (χ0) is 21.6. The van der Waals surface area contributed by atoms with Gasteiger partial charge in [-0.3, -0.25) is 4.90 Å². The van der Waals surface area contributed by atoms with E-state index in [0.717, 1.165) is 6.07 Å². The van der Waals surface area contributed by atoms with Crippen molar-refractivity contribution < 1.29 is 23.4 Å². The van der Waals surface area contributed by atoms with E-state index in [2.05, 4.69) is 10.3 Å². The van der Waals surface area contributed by atoms with E-state index in [-0.39, 0.29) is 30.0 Å². The Morgan fingerprint density at radius 1 is 1.17 bits per heavy atom. The number of β-amino-alcohol motifs (C(OH)–C–C–N with tert-alkyl or cyclic N) is 1. The number of aryl methyl sites for hydroxylation is 1. The molecule has 0 saturated carbocycles. The molecule has 0 aliphatic carbocycles. The van der Waals surface area contributed by atoms with Crippen molar-refractivity contribution in [3.63, 3.8) is 0 Å². The average molecular weight is 530 g/mol. The normalized spacial score (nSPS) is 16.9. The van der Waals surface area contributed by atoms with E-state index >= 15 is 0 Å². The number of hydrogen-bond donors (Lipinski definition) is 3. The number of rotatable bonds is 5. The number of aromatic nitrogens is 2. The van der Waals surface area contributed by atoms with Gasteiger partial charge in [0, 0.05) is 41.7 Å². The van der Waals surface area contributed by atoms with Crippen LogP contribution in [0.4, 0.5) is 24.5 Å².